The number of carbonyl (C=O) groups excluding carboxylic acids is 1. The van der Waals surface area contributed by atoms with Gasteiger partial charge >= 0.3 is 6.09 Å². The number of carbonyl (C=O) groups is 1. The fourth-order valence-corrected chi connectivity index (χ4v) is 3.03. The molecule has 3 N–H and O–H groups in total. The van der Waals surface area contributed by atoms with Gasteiger partial charge in [0.1, 0.15) is 6.61 Å². The van der Waals surface area contributed by atoms with Crippen molar-refractivity contribution in [1.29, 1.82) is 0 Å². The second-order valence-corrected chi connectivity index (χ2v) is 6.47. The molecule has 2 aliphatic rings. The van der Waals surface area contributed by atoms with Gasteiger partial charge in [0, 0.05) is 12.1 Å². The molecule has 0 radical (unpaired) electrons. The Morgan fingerprint density at radius 2 is 1.86 bits per heavy atom. The molecule has 22 heavy (non-hydrogen) atoms. The fourth-order valence-electron chi connectivity index (χ4n) is 3.03. The molecule has 120 valence electrons. The highest BCUT2D eigenvalue weighted by molar-refractivity contribution is 5.67. The zero-order chi connectivity index (χ0) is 15.4. The van der Waals surface area contributed by atoms with Crippen LogP contribution < -0.4 is 10.6 Å². The lowest BCUT2D eigenvalue weighted by Gasteiger charge is -2.39. The van der Waals surface area contributed by atoms with Crippen molar-refractivity contribution in [2.75, 3.05) is 6.54 Å². The van der Waals surface area contributed by atoms with Crippen LogP contribution in [0, 0.1) is 5.92 Å². The van der Waals surface area contributed by atoms with Crippen LogP contribution in [0.2, 0.25) is 0 Å². The van der Waals surface area contributed by atoms with Gasteiger partial charge in [-0.15, -0.1) is 0 Å². The molecule has 0 spiro atoms. The molecule has 0 unspecified atom stereocenters. The van der Waals surface area contributed by atoms with Gasteiger partial charge in [0.2, 0.25) is 0 Å². The number of aliphatic hydroxyl groups excluding tert-OH is 1. The van der Waals surface area contributed by atoms with Crippen LogP contribution in [0.25, 0.3) is 0 Å². The monoisotopic (exact) mass is 304 g/mol. The van der Waals surface area contributed by atoms with Crippen molar-refractivity contribution >= 4 is 6.09 Å². The van der Waals surface area contributed by atoms with Crippen LogP contribution in [0.5, 0.6) is 0 Å². The highest BCUT2D eigenvalue weighted by Crippen LogP contribution is 2.27. The molecule has 1 aromatic rings. The third kappa shape index (κ3) is 4.21. The number of hydrogen-bond donors (Lipinski definition) is 3. The Bertz CT molecular complexity index is 482. The predicted molar refractivity (Wildman–Crippen MR) is 83.3 cm³/mol. The average molecular weight is 304 g/mol. The minimum absolute atomic E-state index is 0.0815. The molecule has 2 fully saturated rings. The van der Waals surface area contributed by atoms with E-state index in [1.807, 2.05) is 30.3 Å². The lowest BCUT2D eigenvalue weighted by molar-refractivity contribution is 0.0394. The quantitative estimate of drug-likeness (QED) is 0.749. The summed E-state index contributed by atoms with van der Waals surface area (Å²) in [6, 6.07) is 10.4. The number of hydrogen-bond acceptors (Lipinski definition) is 4. The van der Waals surface area contributed by atoms with Gasteiger partial charge in [-0.2, -0.15) is 0 Å². The summed E-state index contributed by atoms with van der Waals surface area (Å²) in [5.41, 5.74) is 0.994. The van der Waals surface area contributed by atoms with Crippen LogP contribution >= 0.6 is 0 Å². The van der Waals surface area contributed by atoms with Crippen molar-refractivity contribution in [2.45, 2.75) is 50.5 Å². The molecule has 1 aromatic carbocycles. The SMILES string of the molecule is O=C(NC1CC(NCC2CC(O)C2)C1)OCc1ccccc1. The maximum Gasteiger partial charge on any atom is 0.407 e. The lowest BCUT2D eigenvalue weighted by Crippen LogP contribution is -2.54. The normalized spacial score (nSPS) is 30.0. The van der Waals surface area contributed by atoms with E-state index in [0.29, 0.717) is 18.6 Å². The minimum atomic E-state index is -0.339. The Balaban J connectivity index is 1.25. The summed E-state index contributed by atoms with van der Waals surface area (Å²) < 4.78 is 5.21. The Kier molecular flexibility index (Phi) is 4.95. The van der Waals surface area contributed by atoms with Crippen molar-refractivity contribution in [3.05, 3.63) is 35.9 Å². The van der Waals surface area contributed by atoms with Crippen molar-refractivity contribution in [3.8, 4) is 0 Å². The molecule has 0 saturated heterocycles. The third-order valence-electron chi connectivity index (χ3n) is 4.58. The summed E-state index contributed by atoms with van der Waals surface area (Å²) in [6.07, 6.45) is 3.34. The summed E-state index contributed by atoms with van der Waals surface area (Å²) in [6.45, 7) is 1.29. The molecule has 5 heteroatoms. The predicted octanol–water partition coefficient (Wildman–Crippen LogP) is 1.80. The Labute approximate surface area is 131 Å². The zero-order valence-corrected chi connectivity index (χ0v) is 12.7. The molecule has 1 amide bonds. The summed E-state index contributed by atoms with van der Waals surface area (Å²) in [5, 5.41) is 15.6. The van der Waals surface area contributed by atoms with Gasteiger partial charge in [-0.05, 0) is 43.7 Å². The first kappa shape index (κ1) is 15.3. The van der Waals surface area contributed by atoms with E-state index in [1.165, 1.54) is 0 Å². The Hall–Kier alpha value is -1.59. The standard InChI is InChI=1S/C17H24N2O3/c20-16-6-13(7-16)10-18-14-8-15(9-14)19-17(21)22-11-12-4-2-1-3-5-12/h1-5,13-16,18,20H,6-11H2,(H,19,21). The third-order valence-corrected chi connectivity index (χ3v) is 4.58. The lowest BCUT2D eigenvalue weighted by atomic mass is 9.81. The van der Waals surface area contributed by atoms with Crippen molar-refractivity contribution in [1.82, 2.24) is 10.6 Å². The summed E-state index contributed by atoms with van der Waals surface area (Å²) >= 11 is 0. The van der Waals surface area contributed by atoms with Crippen molar-refractivity contribution < 1.29 is 14.6 Å². The fraction of sp³-hybridized carbons (Fsp3) is 0.588. The van der Waals surface area contributed by atoms with E-state index in [-0.39, 0.29) is 18.2 Å². The maximum absolute atomic E-state index is 11.7. The highest BCUT2D eigenvalue weighted by Gasteiger charge is 2.32. The van der Waals surface area contributed by atoms with Crippen LogP contribution in [0.4, 0.5) is 4.79 Å². The van der Waals surface area contributed by atoms with E-state index in [2.05, 4.69) is 10.6 Å². The van der Waals surface area contributed by atoms with E-state index in [9.17, 15) is 9.90 Å². The van der Waals surface area contributed by atoms with Gasteiger partial charge in [0.05, 0.1) is 6.10 Å². The van der Waals surface area contributed by atoms with E-state index < -0.39 is 0 Å². The summed E-state index contributed by atoms with van der Waals surface area (Å²) in [5.74, 6) is 0.623. The van der Waals surface area contributed by atoms with E-state index in [1.54, 1.807) is 0 Å². The Morgan fingerprint density at radius 3 is 2.55 bits per heavy atom. The minimum Gasteiger partial charge on any atom is -0.445 e. The topological polar surface area (TPSA) is 70.6 Å². The first-order chi connectivity index (χ1) is 10.7. The molecular weight excluding hydrogens is 280 g/mol. The van der Waals surface area contributed by atoms with Gasteiger partial charge in [-0.1, -0.05) is 30.3 Å². The molecule has 2 saturated carbocycles. The molecule has 0 aliphatic heterocycles. The maximum atomic E-state index is 11.7. The van der Waals surface area contributed by atoms with E-state index in [0.717, 1.165) is 37.8 Å². The molecule has 5 nitrogen and oxygen atoms in total. The largest absolute Gasteiger partial charge is 0.445 e. The number of benzene rings is 1. The number of aliphatic hydroxyl groups is 1. The van der Waals surface area contributed by atoms with Gasteiger partial charge in [0.25, 0.3) is 0 Å². The molecule has 0 atom stereocenters. The Morgan fingerprint density at radius 1 is 1.14 bits per heavy atom. The van der Waals surface area contributed by atoms with E-state index in [4.69, 9.17) is 4.74 Å². The van der Waals surface area contributed by atoms with E-state index >= 15 is 0 Å². The number of ether oxygens (including phenoxy) is 1. The molecule has 0 aromatic heterocycles. The average Bonchev–Trinajstić information content (AvgIpc) is 2.46. The number of rotatable bonds is 6. The molecule has 3 rings (SSSR count). The molecular formula is C17H24N2O3. The van der Waals surface area contributed by atoms with Gasteiger partial charge in [0.15, 0.2) is 0 Å². The van der Waals surface area contributed by atoms with Crippen molar-refractivity contribution in [2.24, 2.45) is 5.92 Å². The van der Waals surface area contributed by atoms with Crippen LogP contribution in [0.15, 0.2) is 30.3 Å². The molecule has 0 bridgehead atoms. The number of nitrogens with one attached hydrogen (secondary N) is 2. The van der Waals surface area contributed by atoms with Gasteiger partial charge < -0.3 is 20.5 Å². The van der Waals surface area contributed by atoms with Gasteiger partial charge in [-0.3, -0.25) is 0 Å². The van der Waals surface area contributed by atoms with Crippen LogP contribution in [-0.4, -0.2) is 35.9 Å². The zero-order valence-electron chi connectivity index (χ0n) is 12.7. The molecule has 2 aliphatic carbocycles. The highest BCUT2D eigenvalue weighted by atomic mass is 16.5. The van der Waals surface area contributed by atoms with Crippen LogP contribution in [-0.2, 0) is 11.3 Å². The summed E-state index contributed by atoms with van der Waals surface area (Å²) in [4.78, 5) is 11.7. The first-order valence-corrected chi connectivity index (χ1v) is 8.07. The molecule has 0 heterocycles. The summed E-state index contributed by atoms with van der Waals surface area (Å²) in [7, 11) is 0. The smallest absolute Gasteiger partial charge is 0.407 e. The van der Waals surface area contributed by atoms with Crippen LogP contribution in [0.1, 0.15) is 31.2 Å². The van der Waals surface area contributed by atoms with Crippen molar-refractivity contribution in [3.63, 3.8) is 0 Å². The number of alkyl carbamates (subject to hydrolysis) is 1. The second kappa shape index (κ2) is 7.11. The van der Waals surface area contributed by atoms with Gasteiger partial charge in [-0.25, -0.2) is 4.79 Å². The van der Waals surface area contributed by atoms with Crippen LogP contribution in [0.3, 0.4) is 0 Å². The number of amides is 1. The first-order valence-electron chi connectivity index (χ1n) is 8.07. The second-order valence-electron chi connectivity index (χ2n) is 6.47.